The number of carbonyl (C=O) groups is 2. The molecular weight excluding hydrogens is 312 g/mol. The van der Waals surface area contributed by atoms with Gasteiger partial charge in [-0.1, -0.05) is 13.3 Å². The maximum absolute atomic E-state index is 12.2. The van der Waals surface area contributed by atoms with Crippen LogP contribution in [0.1, 0.15) is 50.4 Å². The van der Waals surface area contributed by atoms with E-state index in [-0.39, 0.29) is 11.6 Å². The van der Waals surface area contributed by atoms with Crippen molar-refractivity contribution in [1.29, 1.82) is 0 Å². The van der Waals surface area contributed by atoms with Crippen molar-refractivity contribution < 1.29 is 9.59 Å². The number of carbonyl (C=O) groups excluding carboxylic acids is 2. The van der Waals surface area contributed by atoms with E-state index in [1.54, 1.807) is 0 Å². The monoisotopic (exact) mass is 330 g/mol. The highest BCUT2D eigenvalue weighted by atomic mass is 32.1. The van der Waals surface area contributed by atoms with Crippen LogP contribution in [-0.2, 0) is 12.8 Å². The summed E-state index contributed by atoms with van der Waals surface area (Å²) in [7, 11) is 0. The first kappa shape index (κ1) is 15.6. The molecule has 0 spiro atoms. The minimum Gasteiger partial charge on any atom is -0.266 e. The smallest absolute Gasteiger partial charge is 0.266 e. The van der Waals surface area contributed by atoms with Crippen molar-refractivity contribution in [2.24, 2.45) is 5.92 Å². The fourth-order valence-corrected chi connectivity index (χ4v) is 3.82. The number of thiophene rings is 1. The normalized spacial score (nSPS) is 16.5. The third kappa shape index (κ3) is 3.56. The Balaban J connectivity index is 1.61. The van der Waals surface area contributed by atoms with Gasteiger partial charge in [0.1, 0.15) is 5.69 Å². The van der Waals surface area contributed by atoms with Crippen LogP contribution in [0, 0.1) is 5.92 Å². The van der Waals surface area contributed by atoms with Gasteiger partial charge in [-0.2, -0.15) is 0 Å². The molecule has 23 heavy (non-hydrogen) atoms. The first-order valence-corrected chi connectivity index (χ1v) is 8.47. The van der Waals surface area contributed by atoms with E-state index >= 15 is 0 Å². The van der Waals surface area contributed by atoms with Gasteiger partial charge in [0.2, 0.25) is 0 Å². The Morgan fingerprint density at radius 1 is 1.30 bits per heavy atom. The van der Waals surface area contributed by atoms with Crippen molar-refractivity contribution in [3.63, 3.8) is 0 Å². The van der Waals surface area contributed by atoms with Crippen LogP contribution in [0.5, 0.6) is 0 Å². The summed E-state index contributed by atoms with van der Waals surface area (Å²) in [5.74, 6) is -0.0714. The molecule has 120 valence electrons. The van der Waals surface area contributed by atoms with Crippen molar-refractivity contribution in [3.05, 3.63) is 45.7 Å². The molecular formula is C16H18N4O2S. The van der Waals surface area contributed by atoms with Crippen LogP contribution in [0.3, 0.4) is 0 Å². The van der Waals surface area contributed by atoms with E-state index < -0.39 is 5.91 Å². The standard InChI is InChI=1S/C16H18N4O2S/c1-2-10-3-4-13-11(7-10)8-14(23-13)16(22)20-19-15(21)12-9-17-5-6-18-12/h5-6,8-10H,2-4,7H2,1H3,(H,19,21)(H,20,22)/t10-/m1/s1. The lowest BCUT2D eigenvalue weighted by Crippen LogP contribution is -2.41. The largest absolute Gasteiger partial charge is 0.289 e. The molecule has 2 heterocycles. The molecule has 1 aliphatic carbocycles. The number of aromatic nitrogens is 2. The Morgan fingerprint density at radius 2 is 2.13 bits per heavy atom. The van der Waals surface area contributed by atoms with Gasteiger partial charge in [-0.05, 0) is 36.8 Å². The highest BCUT2D eigenvalue weighted by molar-refractivity contribution is 7.14. The first-order chi connectivity index (χ1) is 11.2. The van der Waals surface area contributed by atoms with E-state index in [0.29, 0.717) is 10.8 Å². The molecule has 1 aliphatic rings. The second-order valence-corrected chi connectivity index (χ2v) is 6.71. The molecule has 2 N–H and O–H groups in total. The molecule has 2 aromatic heterocycles. The second kappa shape index (κ2) is 6.87. The number of rotatable bonds is 3. The number of hydrazine groups is 1. The molecule has 2 amide bonds. The molecule has 2 aromatic rings. The van der Waals surface area contributed by atoms with Gasteiger partial charge in [0.05, 0.1) is 11.1 Å². The van der Waals surface area contributed by atoms with E-state index in [9.17, 15) is 9.59 Å². The van der Waals surface area contributed by atoms with Gasteiger partial charge >= 0.3 is 0 Å². The quantitative estimate of drug-likeness (QED) is 0.845. The van der Waals surface area contributed by atoms with Gasteiger partial charge in [-0.3, -0.25) is 25.4 Å². The molecule has 0 radical (unpaired) electrons. The predicted molar refractivity (Wildman–Crippen MR) is 87.1 cm³/mol. The SMILES string of the molecule is CC[C@@H]1CCc2sc(C(=O)NNC(=O)c3cnccn3)cc2C1. The number of nitrogens with one attached hydrogen (secondary N) is 2. The number of amides is 2. The van der Waals surface area contributed by atoms with E-state index in [1.165, 1.54) is 53.2 Å². The molecule has 0 aromatic carbocycles. The fraction of sp³-hybridized carbons (Fsp3) is 0.375. The molecule has 0 saturated carbocycles. The van der Waals surface area contributed by atoms with Crippen LogP contribution < -0.4 is 10.9 Å². The number of nitrogens with zero attached hydrogens (tertiary/aromatic N) is 2. The van der Waals surface area contributed by atoms with Gasteiger partial charge < -0.3 is 0 Å². The minimum atomic E-state index is -0.487. The summed E-state index contributed by atoms with van der Waals surface area (Å²) in [6.07, 6.45) is 8.69. The molecule has 7 heteroatoms. The molecule has 0 fully saturated rings. The summed E-state index contributed by atoms with van der Waals surface area (Å²) in [6.45, 7) is 2.21. The zero-order valence-electron chi connectivity index (χ0n) is 12.8. The summed E-state index contributed by atoms with van der Waals surface area (Å²) in [5.41, 5.74) is 6.23. The third-order valence-corrected chi connectivity index (χ3v) is 5.31. The molecule has 6 nitrogen and oxygen atoms in total. The highest BCUT2D eigenvalue weighted by Gasteiger charge is 2.22. The Bertz CT molecular complexity index is 714. The summed E-state index contributed by atoms with van der Waals surface area (Å²) in [6, 6.07) is 1.95. The topological polar surface area (TPSA) is 84.0 Å². The zero-order chi connectivity index (χ0) is 16.2. The molecule has 3 rings (SSSR count). The average molecular weight is 330 g/mol. The zero-order valence-corrected chi connectivity index (χ0v) is 13.7. The van der Waals surface area contributed by atoms with Crippen LogP contribution in [0.15, 0.2) is 24.7 Å². The van der Waals surface area contributed by atoms with Crippen LogP contribution in [0.4, 0.5) is 0 Å². The van der Waals surface area contributed by atoms with Crippen molar-refractivity contribution in [2.75, 3.05) is 0 Å². The van der Waals surface area contributed by atoms with Crippen molar-refractivity contribution in [2.45, 2.75) is 32.6 Å². The summed E-state index contributed by atoms with van der Waals surface area (Å²) in [5, 5.41) is 0. The fourth-order valence-electron chi connectivity index (χ4n) is 2.71. The lowest BCUT2D eigenvalue weighted by Gasteiger charge is -2.19. The Morgan fingerprint density at radius 3 is 2.87 bits per heavy atom. The maximum Gasteiger partial charge on any atom is 0.289 e. The molecule has 0 bridgehead atoms. The lowest BCUT2D eigenvalue weighted by molar-refractivity contribution is 0.0846. The van der Waals surface area contributed by atoms with Crippen LogP contribution in [-0.4, -0.2) is 21.8 Å². The van der Waals surface area contributed by atoms with Crippen molar-refractivity contribution in [1.82, 2.24) is 20.8 Å². The first-order valence-electron chi connectivity index (χ1n) is 7.65. The molecule has 1 atom stereocenters. The van der Waals surface area contributed by atoms with Gasteiger partial charge in [0.25, 0.3) is 11.8 Å². The van der Waals surface area contributed by atoms with Crippen LogP contribution >= 0.6 is 11.3 Å². The minimum absolute atomic E-state index is 0.157. The van der Waals surface area contributed by atoms with Crippen molar-refractivity contribution >= 4 is 23.2 Å². The lowest BCUT2D eigenvalue weighted by atomic mass is 9.87. The van der Waals surface area contributed by atoms with E-state index in [2.05, 4.69) is 27.7 Å². The Kier molecular flexibility index (Phi) is 4.66. The average Bonchev–Trinajstić information content (AvgIpc) is 3.03. The van der Waals surface area contributed by atoms with Gasteiger partial charge in [-0.25, -0.2) is 4.98 Å². The predicted octanol–water partition coefficient (Wildman–Crippen LogP) is 2.13. The van der Waals surface area contributed by atoms with Crippen molar-refractivity contribution in [3.8, 4) is 0 Å². The highest BCUT2D eigenvalue weighted by Crippen LogP contribution is 2.33. The van der Waals surface area contributed by atoms with Gasteiger partial charge in [0, 0.05) is 17.3 Å². The maximum atomic E-state index is 12.2. The van der Waals surface area contributed by atoms with Crippen LogP contribution in [0.25, 0.3) is 0 Å². The van der Waals surface area contributed by atoms with E-state index in [0.717, 1.165) is 12.8 Å². The number of hydrogen-bond donors (Lipinski definition) is 2. The Labute approximate surface area is 138 Å². The Hall–Kier alpha value is -2.28. The van der Waals surface area contributed by atoms with Gasteiger partial charge in [0.15, 0.2) is 0 Å². The molecule has 0 saturated heterocycles. The number of hydrogen-bond acceptors (Lipinski definition) is 5. The van der Waals surface area contributed by atoms with Gasteiger partial charge in [-0.15, -0.1) is 11.3 Å². The van der Waals surface area contributed by atoms with E-state index in [1.807, 2.05) is 6.07 Å². The molecule has 0 unspecified atom stereocenters. The van der Waals surface area contributed by atoms with Crippen LogP contribution in [0.2, 0.25) is 0 Å². The number of fused-ring (bicyclic) bond motifs is 1. The summed E-state index contributed by atoms with van der Waals surface area (Å²) >= 11 is 1.51. The van der Waals surface area contributed by atoms with E-state index in [4.69, 9.17) is 0 Å². The third-order valence-electron chi connectivity index (χ3n) is 4.07. The second-order valence-electron chi connectivity index (χ2n) is 5.58. The summed E-state index contributed by atoms with van der Waals surface area (Å²) in [4.78, 5) is 33.6. The molecule has 0 aliphatic heterocycles. The number of aryl methyl sites for hydroxylation is 1. The summed E-state index contributed by atoms with van der Waals surface area (Å²) < 4.78 is 0.